The van der Waals surface area contributed by atoms with Crippen molar-refractivity contribution in [2.75, 3.05) is 51.2 Å². The molecule has 2 heterocycles. The fraction of sp³-hybridized carbons (Fsp3) is 0.500. The van der Waals surface area contributed by atoms with Gasteiger partial charge in [0.15, 0.2) is 5.78 Å². The van der Waals surface area contributed by atoms with Crippen molar-refractivity contribution in [3.63, 3.8) is 0 Å². The summed E-state index contributed by atoms with van der Waals surface area (Å²) in [6.07, 6.45) is -2.56. The highest BCUT2D eigenvalue weighted by molar-refractivity contribution is 5.98. The molecule has 2 aliphatic heterocycles. The van der Waals surface area contributed by atoms with Crippen molar-refractivity contribution in [3.05, 3.63) is 64.7 Å². The van der Waals surface area contributed by atoms with Gasteiger partial charge in [0.2, 0.25) is 0 Å². The molecular formula is C26H32F3N3O. The minimum absolute atomic E-state index is 0.0912. The van der Waals surface area contributed by atoms with E-state index in [9.17, 15) is 18.0 Å². The van der Waals surface area contributed by atoms with Crippen LogP contribution in [0.5, 0.6) is 0 Å². The second kappa shape index (κ2) is 9.85. The van der Waals surface area contributed by atoms with Crippen LogP contribution in [-0.4, -0.2) is 67.9 Å². The number of ketones is 1. The van der Waals surface area contributed by atoms with Crippen LogP contribution in [0.15, 0.2) is 42.5 Å². The van der Waals surface area contributed by atoms with Crippen molar-refractivity contribution in [1.29, 1.82) is 0 Å². The summed E-state index contributed by atoms with van der Waals surface area (Å²) < 4.78 is 41.0. The summed E-state index contributed by atoms with van der Waals surface area (Å²) in [5.41, 5.74) is 1.70. The molecule has 0 aromatic heterocycles. The Labute approximate surface area is 194 Å². The summed E-state index contributed by atoms with van der Waals surface area (Å²) >= 11 is 0. The molecule has 0 N–H and O–H groups in total. The van der Waals surface area contributed by atoms with Crippen molar-refractivity contribution in [1.82, 2.24) is 9.80 Å². The van der Waals surface area contributed by atoms with Gasteiger partial charge in [0.05, 0.1) is 5.56 Å². The van der Waals surface area contributed by atoms with Gasteiger partial charge in [-0.2, -0.15) is 13.2 Å². The zero-order chi connectivity index (χ0) is 23.6. The minimum atomic E-state index is -4.49. The Morgan fingerprint density at radius 3 is 2.30 bits per heavy atom. The lowest BCUT2D eigenvalue weighted by Gasteiger charge is -2.42. The number of benzene rings is 2. The lowest BCUT2D eigenvalue weighted by Crippen LogP contribution is -2.52. The highest BCUT2D eigenvalue weighted by Gasteiger charge is 2.33. The lowest BCUT2D eigenvalue weighted by molar-refractivity contribution is -0.137. The van der Waals surface area contributed by atoms with Crippen LogP contribution in [0.25, 0.3) is 0 Å². The van der Waals surface area contributed by atoms with Gasteiger partial charge >= 0.3 is 6.18 Å². The molecule has 2 fully saturated rings. The van der Waals surface area contributed by atoms with Gasteiger partial charge in [-0.05, 0) is 50.6 Å². The second-order valence-electron chi connectivity index (χ2n) is 9.41. The largest absolute Gasteiger partial charge is 0.416 e. The maximum atomic E-state index is 13.7. The van der Waals surface area contributed by atoms with Crippen molar-refractivity contribution in [2.45, 2.75) is 38.4 Å². The molecule has 2 aliphatic rings. The summed E-state index contributed by atoms with van der Waals surface area (Å²) in [5, 5.41) is 0. The Kier molecular flexibility index (Phi) is 7.10. The second-order valence-corrected chi connectivity index (χ2v) is 9.41. The molecule has 0 saturated carbocycles. The average Bonchev–Trinajstić information content (AvgIpc) is 2.79. The third-order valence-corrected chi connectivity index (χ3v) is 6.90. The first kappa shape index (κ1) is 23.8. The van der Waals surface area contributed by atoms with Crippen molar-refractivity contribution >= 4 is 11.5 Å². The number of piperidine rings is 1. The zero-order valence-corrected chi connectivity index (χ0v) is 19.4. The molecule has 2 aromatic carbocycles. The van der Waals surface area contributed by atoms with Gasteiger partial charge < -0.3 is 9.80 Å². The molecule has 2 saturated heterocycles. The van der Waals surface area contributed by atoms with E-state index < -0.39 is 11.7 Å². The summed E-state index contributed by atoms with van der Waals surface area (Å²) in [7, 11) is 2.13. The maximum Gasteiger partial charge on any atom is 0.416 e. The van der Waals surface area contributed by atoms with E-state index in [1.807, 2.05) is 36.1 Å². The standard InChI is InChI=1S/C26H32F3N3O/c1-19-4-3-5-20(14-19)15-25(33)21-16-22(26(27,28)29)18-24(17-21)31-8-6-23(7-9-31)32-12-10-30(2)11-13-32/h3-5,14,16-18,23H,6-13,15H2,1-2H3. The van der Waals surface area contributed by atoms with Gasteiger partial charge in [-0.3, -0.25) is 9.69 Å². The zero-order valence-electron chi connectivity index (χ0n) is 19.4. The van der Waals surface area contributed by atoms with E-state index in [2.05, 4.69) is 16.8 Å². The minimum Gasteiger partial charge on any atom is -0.371 e. The smallest absolute Gasteiger partial charge is 0.371 e. The number of alkyl halides is 3. The predicted octanol–water partition coefficient (Wildman–Crippen LogP) is 4.66. The van der Waals surface area contributed by atoms with Crippen LogP contribution in [0.2, 0.25) is 0 Å². The molecule has 0 amide bonds. The molecule has 0 atom stereocenters. The van der Waals surface area contributed by atoms with Gasteiger partial charge in [0.25, 0.3) is 0 Å². The monoisotopic (exact) mass is 459 g/mol. The SMILES string of the molecule is Cc1cccc(CC(=O)c2cc(N3CCC(N4CCN(C)CC4)CC3)cc(C(F)(F)F)c2)c1. The van der Waals surface area contributed by atoms with Gasteiger partial charge in [0, 0.05) is 63.0 Å². The molecule has 0 spiro atoms. The molecule has 178 valence electrons. The first-order valence-electron chi connectivity index (χ1n) is 11.7. The van der Waals surface area contributed by atoms with Crippen LogP contribution in [-0.2, 0) is 12.6 Å². The number of piperazine rings is 1. The highest BCUT2D eigenvalue weighted by Crippen LogP contribution is 2.34. The maximum absolute atomic E-state index is 13.7. The number of likely N-dealkylation sites (N-methyl/N-ethyl adjacent to an activating group) is 1. The topological polar surface area (TPSA) is 26.8 Å². The Hall–Kier alpha value is -2.38. The predicted molar refractivity (Wildman–Crippen MR) is 125 cm³/mol. The summed E-state index contributed by atoms with van der Waals surface area (Å²) in [6.45, 7) is 7.53. The number of rotatable bonds is 5. The van der Waals surface area contributed by atoms with E-state index in [1.54, 1.807) is 6.07 Å². The molecule has 33 heavy (non-hydrogen) atoms. The van der Waals surface area contributed by atoms with Crippen LogP contribution < -0.4 is 4.90 Å². The number of carbonyl (C=O) groups is 1. The molecule has 0 radical (unpaired) electrons. The van der Waals surface area contributed by atoms with E-state index >= 15 is 0 Å². The normalized spacial score (nSPS) is 19.1. The van der Waals surface area contributed by atoms with E-state index in [1.165, 1.54) is 6.07 Å². The van der Waals surface area contributed by atoms with E-state index in [0.29, 0.717) is 24.8 Å². The number of nitrogens with zero attached hydrogens (tertiary/aromatic N) is 3. The number of aryl methyl sites for hydroxylation is 1. The molecule has 4 rings (SSSR count). The number of Topliss-reactive ketones (excluding diaryl/α,β-unsaturated/α-hetero) is 1. The van der Waals surface area contributed by atoms with Crippen molar-refractivity contribution in [2.24, 2.45) is 0 Å². The number of anilines is 1. The Balaban J connectivity index is 1.50. The molecule has 4 nitrogen and oxygen atoms in total. The van der Waals surface area contributed by atoms with Gasteiger partial charge in [-0.1, -0.05) is 29.8 Å². The number of halogens is 3. The molecule has 0 bridgehead atoms. The Morgan fingerprint density at radius 1 is 0.970 bits per heavy atom. The molecule has 0 aliphatic carbocycles. The van der Waals surface area contributed by atoms with Crippen LogP contribution >= 0.6 is 0 Å². The van der Waals surface area contributed by atoms with Crippen molar-refractivity contribution < 1.29 is 18.0 Å². The first-order valence-corrected chi connectivity index (χ1v) is 11.7. The quantitative estimate of drug-likeness (QED) is 0.608. The van der Waals surface area contributed by atoms with E-state index in [4.69, 9.17) is 0 Å². The highest BCUT2D eigenvalue weighted by atomic mass is 19.4. The molecule has 2 aromatic rings. The molecule has 0 unspecified atom stereocenters. The third kappa shape index (κ3) is 5.95. The van der Waals surface area contributed by atoms with Crippen LogP contribution in [0, 0.1) is 6.92 Å². The Morgan fingerprint density at radius 2 is 1.67 bits per heavy atom. The third-order valence-electron chi connectivity index (χ3n) is 6.90. The van der Waals surface area contributed by atoms with Crippen molar-refractivity contribution in [3.8, 4) is 0 Å². The van der Waals surface area contributed by atoms with Gasteiger partial charge in [-0.25, -0.2) is 0 Å². The molecule has 7 heteroatoms. The number of hydrogen-bond acceptors (Lipinski definition) is 4. The van der Waals surface area contributed by atoms with E-state index in [-0.39, 0.29) is 17.8 Å². The molecular weight excluding hydrogens is 427 g/mol. The van der Waals surface area contributed by atoms with Crippen LogP contribution in [0.4, 0.5) is 18.9 Å². The van der Waals surface area contributed by atoms with Gasteiger partial charge in [-0.15, -0.1) is 0 Å². The number of hydrogen-bond donors (Lipinski definition) is 0. The van der Waals surface area contributed by atoms with Crippen LogP contribution in [0.3, 0.4) is 0 Å². The summed E-state index contributed by atoms with van der Waals surface area (Å²) in [5.74, 6) is -0.291. The fourth-order valence-corrected chi connectivity index (χ4v) is 4.90. The summed E-state index contributed by atoms with van der Waals surface area (Å²) in [4.78, 5) is 19.8. The average molecular weight is 460 g/mol. The van der Waals surface area contributed by atoms with E-state index in [0.717, 1.165) is 56.2 Å². The van der Waals surface area contributed by atoms with Crippen LogP contribution in [0.1, 0.15) is 39.9 Å². The fourth-order valence-electron chi connectivity index (χ4n) is 4.90. The lowest BCUT2D eigenvalue weighted by atomic mass is 9.97. The van der Waals surface area contributed by atoms with Gasteiger partial charge in [0.1, 0.15) is 0 Å². The Bertz CT molecular complexity index is 975. The first-order chi connectivity index (χ1) is 15.7. The number of carbonyl (C=O) groups excluding carboxylic acids is 1. The summed E-state index contributed by atoms with van der Waals surface area (Å²) in [6, 6.07) is 11.8.